The van der Waals surface area contributed by atoms with Crippen molar-refractivity contribution < 1.29 is 19.1 Å². The highest BCUT2D eigenvalue weighted by molar-refractivity contribution is 5.84. The number of aromatic carboxylic acids is 1. The molecule has 0 bridgehead atoms. The molecule has 1 aromatic rings. The number of carboxylic acids is 1. The SMILES string of the molecule is O=C(NCCC1CCC1)NCc1ccc(C(=O)O)o1. The first-order valence-electron chi connectivity index (χ1n) is 6.49. The number of amides is 2. The van der Waals surface area contributed by atoms with Gasteiger partial charge in [0.05, 0.1) is 6.54 Å². The number of carboxylic acid groups (broad SMARTS) is 1. The van der Waals surface area contributed by atoms with E-state index < -0.39 is 5.97 Å². The second-order valence-corrected chi connectivity index (χ2v) is 4.77. The molecule has 0 radical (unpaired) electrons. The van der Waals surface area contributed by atoms with E-state index in [0.717, 1.165) is 12.3 Å². The second-order valence-electron chi connectivity index (χ2n) is 4.77. The smallest absolute Gasteiger partial charge is 0.371 e. The monoisotopic (exact) mass is 266 g/mol. The Hall–Kier alpha value is -1.98. The van der Waals surface area contributed by atoms with E-state index in [1.165, 1.54) is 31.4 Å². The zero-order valence-electron chi connectivity index (χ0n) is 10.6. The summed E-state index contributed by atoms with van der Waals surface area (Å²) in [6.07, 6.45) is 4.87. The lowest BCUT2D eigenvalue weighted by Gasteiger charge is -2.25. The fourth-order valence-corrected chi connectivity index (χ4v) is 1.99. The van der Waals surface area contributed by atoms with Gasteiger partial charge < -0.3 is 20.2 Å². The highest BCUT2D eigenvalue weighted by Gasteiger charge is 2.16. The van der Waals surface area contributed by atoms with Crippen molar-refractivity contribution >= 4 is 12.0 Å². The number of hydrogen-bond donors (Lipinski definition) is 3. The minimum atomic E-state index is -1.11. The summed E-state index contributed by atoms with van der Waals surface area (Å²) < 4.78 is 5.02. The van der Waals surface area contributed by atoms with Gasteiger partial charge in [0.1, 0.15) is 5.76 Å². The average molecular weight is 266 g/mol. The summed E-state index contributed by atoms with van der Waals surface area (Å²) in [5, 5.41) is 14.1. The number of carbonyl (C=O) groups is 2. The Morgan fingerprint density at radius 1 is 1.32 bits per heavy atom. The molecule has 1 fully saturated rings. The van der Waals surface area contributed by atoms with Crippen LogP contribution in [-0.2, 0) is 6.54 Å². The van der Waals surface area contributed by atoms with Crippen LogP contribution < -0.4 is 10.6 Å². The second kappa shape index (κ2) is 6.26. The number of carbonyl (C=O) groups excluding carboxylic acids is 1. The van der Waals surface area contributed by atoms with Crippen LogP contribution in [0.2, 0.25) is 0 Å². The molecule has 0 aromatic carbocycles. The Kier molecular flexibility index (Phi) is 4.43. The first-order valence-corrected chi connectivity index (χ1v) is 6.49. The van der Waals surface area contributed by atoms with Crippen molar-refractivity contribution in [3.63, 3.8) is 0 Å². The molecule has 1 aliphatic rings. The van der Waals surface area contributed by atoms with Crippen LogP contribution in [0.3, 0.4) is 0 Å². The first-order chi connectivity index (χ1) is 9.15. The third-order valence-electron chi connectivity index (χ3n) is 3.36. The van der Waals surface area contributed by atoms with Crippen molar-refractivity contribution in [1.82, 2.24) is 10.6 Å². The molecule has 1 heterocycles. The van der Waals surface area contributed by atoms with E-state index in [-0.39, 0.29) is 18.3 Å². The highest BCUT2D eigenvalue weighted by atomic mass is 16.4. The van der Waals surface area contributed by atoms with Crippen molar-refractivity contribution in [2.45, 2.75) is 32.2 Å². The van der Waals surface area contributed by atoms with Gasteiger partial charge in [0, 0.05) is 6.54 Å². The minimum absolute atomic E-state index is 0.123. The Bertz CT molecular complexity index is 451. The number of nitrogens with one attached hydrogen (secondary N) is 2. The fourth-order valence-electron chi connectivity index (χ4n) is 1.99. The van der Waals surface area contributed by atoms with Crippen LogP contribution >= 0.6 is 0 Å². The molecular formula is C13H18N2O4. The minimum Gasteiger partial charge on any atom is -0.475 e. The van der Waals surface area contributed by atoms with Gasteiger partial charge in [-0.25, -0.2) is 9.59 Å². The van der Waals surface area contributed by atoms with E-state index in [1.54, 1.807) is 0 Å². The lowest BCUT2D eigenvalue weighted by Crippen LogP contribution is -2.36. The molecule has 2 amide bonds. The normalized spacial score (nSPS) is 14.7. The van der Waals surface area contributed by atoms with Gasteiger partial charge in [-0.2, -0.15) is 0 Å². The summed E-state index contributed by atoms with van der Waals surface area (Å²) in [7, 11) is 0. The molecule has 2 rings (SSSR count). The molecule has 0 spiro atoms. The third-order valence-corrected chi connectivity index (χ3v) is 3.36. The molecular weight excluding hydrogens is 248 g/mol. The van der Waals surface area contributed by atoms with Crippen molar-refractivity contribution in [1.29, 1.82) is 0 Å². The van der Waals surface area contributed by atoms with Crippen LogP contribution in [0.1, 0.15) is 42.0 Å². The number of furan rings is 1. The molecule has 0 atom stereocenters. The molecule has 0 aliphatic heterocycles. The van der Waals surface area contributed by atoms with Crippen molar-refractivity contribution in [2.75, 3.05) is 6.54 Å². The summed E-state index contributed by atoms with van der Waals surface area (Å²) in [6.45, 7) is 0.859. The van der Waals surface area contributed by atoms with Crippen molar-refractivity contribution in [3.8, 4) is 0 Å². The summed E-state index contributed by atoms with van der Waals surface area (Å²) in [4.78, 5) is 22.1. The molecule has 19 heavy (non-hydrogen) atoms. The Morgan fingerprint density at radius 3 is 2.68 bits per heavy atom. The Labute approximate surface area is 111 Å². The summed E-state index contributed by atoms with van der Waals surface area (Å²) in [6, 6.07) is 2.65. The predicted octanol–water partition coefficient (Wildman–Crippen LogP) is 1.97. The van der Waals surface area contributed by atoms with Crippen LogP contribution in [0.5, 0.6) is 0 Å². The van der Waals surface area contributed by atoms with Crippen LogP contribution in [0.4, 0.5) is 4.79 Å². The molecule has 104 valence electrons. The fraction of sp³-hybridized carbons (Fsp3) is 0.538. The average Bonchev–Trinajstić information content (AvgIpc) is 2.78. The molecule has 6 heteroatoms. The van der Waals surface area contributed by atoms with Crippen molar-refractivity contribution in [2.24, 2.45) is 5.92 Å². The quantitative estimate of drug-likeness (QED) is 0.734. The maximum absolute atomic E-state index is 11.5. The van der Waals surface area contributed by atoms with Gasteiger partial charge in [0.2, 0.25) is 5.76 Å². The van der Waals surface area contributed by atoms with Gasteiger partial charge in [-0.3, -0.25) is 0 Å². The maximum atomic E-state index is 11.5. The molecule has 6 nitrogen and oxygen atoms in total. The van der Waals surface area contributed by atoms with E-state index in [9.17, 15) is 9.59 Å². The predicted molar refractivity (Wildman–Crippen MR) is 67.9 cm³/mol. The Balaban J connectivity index is 1.63. The van der Waals surface area contributed by atoms with Gasteiger partial charge in [-0.1, -0.05) is 19.3 Å². The van der Waals surface area contributed by atoms with Crippen LogP contribution in [0.25, 0.3) is 0 Å². The number of hydrogen-bond acceptors (Lipinski definition) is 3. The van der Waals surface area contributed by atoms with E-state index in [4.69, 9.17) is 9.52 Å². The molecule has 0 unspecified atom stereocenters. The van der Waals surface area contributed by atoms with Crippen LogP contribution in [0.15, 0.2) is 16.5 Å². The molecule has 0 saturated heterocycles. The molecule has 1 saturated carbocycles. The van der Waals surface area contributed by atoms with Gasteiger partial charge in [0.15, 0.2) is 0 Å². The van der Waals surface area contributed by atoms with Crippen LogP contribution in [-0.4, -0.2) is 23.7 Å². The van der Waals surface area contributed by atoms with E-state index in [2.05, 4.69) is 10.6 Å². The topological polar surface area (TPSA) is 91.6 Å². The Morgan fingerprint density at radius 2 is 2.11 bits per heavy atom. The molecule has 1 aliphatic carbocycles. The van der Waals surface area contributed by atoms with Gasteiger partial charge in [0.25, 0.3) is 0 Å². The highest BCUT2D eigenvalue weighted by Crippen LogP contribution is 2.28. The van der Waals surface area contributed by atoms with Gasteiger partial charge in [-0.05, 0) is 24.5 Å². The number of rotatable bonds is 6. The van der Waals surface area contributed by atoms with Crippen molar-refractivity contribution in [3.05, 3.63) is 23.7 Å². The molecule has 3 N–H and O–H groups in total. The van der Waals surface area contributed by atoms with E-state index in [1.807, 2.05) is 0 Å². The number of urea groups is 1. The van der Waals surface area contributed by atoms with Gasteiger partial charge in [-0.15, -0.1) is 0 Å². The van der Waals surface area contributed by atoms with E-state index >= 15 is 0 Å². The first kappa shape index (κ1) is 13.5. The zero-order valence-corrected chi connectivity index (χ0v) is 10.6. The lowest BCUT2D eigenvalue weighted by molar-refractivity contribution is 0.0660. The standard InChI is InChI=1S/C13H18N2O4/c16-12(17)11-5-4-10(19-11)8-15-13(18)14-7-6-9-2-1-3-9/h4-5,9H,1-3,6-8H2,(H,16,17)(H2,14,15,18). The van der Waals surface area contributed by atoms with E-state index in [0.29, 0.717) is 12.3 Å². The van der Waals surface area contributed by atoms with Gasteiger partial charge >= 0.3 is 12.0 Å². The lowest BCUT2D eigenvalue weighted by atomic mass is 9.83. The summed E-state index contributed by atoms with van der Waals surface area (Å²) >= 11 is 0. The zero-order chi connectivity index (χ0) is 13.7. The maximum Gasteiger partial charge on any atom is 0.371 e. The largest absolute Gasteiger partial charge is 0.475 e. The van der Waals surface area contributed by atoms with Crippen LogP contribution in [0, 0.1) is 5.92 Å². The third kappa shape index (κ3) is 4.01. The molecule has 1 aromatic heterocycles. The summed E-state index contributed by atoms with van der Waals surface area (Å²) in [5.41, 5.74) is 0. The summed E-state index contributed by atoms with van der Waals surface area (Å²) in [5.74, 6) is -0.0477.